The van der Waals surface area contributed by atoms with Crippen molar-refractivity contribution in [1.29, 1.82) is 0 Å². The molecule has 2 aliphatic heterocycles. The molecule has 0 aromatic rings. The molecule has 0 radical (unpaired) electrons. The Labute approximate surface area is 121 Å². The van der Waals surface area contributed by atoms with Gasteiger partial charge in [-0.15, -0.1) is 0 Å². The molecule has 2 aliphatic rings. The van der Waals surface area contributed by atoms with E-state index in [0.29, 0.717) is 0 Å². The molecule has 0 spiro atoms. The summed E-state index contributed by atoms with van der Waals surface area (Å²) in [7, 11) is 0. The number of likely N-dealkylation sites (tertiary alicyclic amines) is 2. The Morgan fingerprint density at radius 3 is 1.60 bits per heavy atom. The molecule has 0 saturated carbocycles. The van der Waals surface area contributed by atoms with Gasteiger partial charge in [-0.3, -0.25) is 4.79 Å². The molecule has 0 bridgehead atoms. The van der Waals surface area contributed by atoms with Crippen LogP contribution in [0.1, 0.15) is 32.6 Å². The maximum absolute atomic E-state index is 11.9. The fourth-order valence-electron chi connectivity index (χ4n) is 3.14. The first-order valence-electron chi connectivity index (χ1n) is 7.86. The van der Waals surface area contributed by atoms with Crippen LogP contribution in [-0.2, 0) is 4.79 Å². The minimum absolute atomic E-state index is 0.0560. The van der Waals surface area contributed by atoms with Gasteiger partial charge in [-0.25, -0.2) is 0 Å². The Morgan fingerprint density at radius 1 is 0.950 bits per heavy atom. The number of hydrogen-bond acceptors (Lipinski definition) is 5. The molecule has 0 aromatic heterocycles. The average molecular weight is 284 g/mol. The molecule has 2 fully saturated rings. The molecule has 2 heterocycles. The zero-order valence-corrected chi connectivity index (χ0v) is 12.5. The number of ketones is 1. The van der Waals surface area contributed by atoms with Gasteiger partial charge < -0.3 is 20.0 Å². The minimum Gasteiger partial charge on any atom is -0.393 e. The van der Waals surface area contributed by atoms with E-state index in [1.807, 2.05) is 0 Å². The molecule has 0 aromatic carbocycles. The SMILES string of the molecule is CC(=O)C(CN1CCC(O)CC1)CN1CCC(O)CC1. The topological polar surface area (TPSA) is 64.0 Å². The highest BCUT2D eigenvalue weighted by Crippen LogP contribution is 2.16. The van der Waals surface area contributed by atoms with Crippen molar-refractivity contribution < 1.29 is 15.0 Å². The van der Waals surface area contributed by atoms with Crippen molar-refractivity contribution in [1.82, 2.24) is 9.80 Å². The molecule has 5 heteroatoms. The molecular formula is C15H28N2O3. The summed E-state index contributed by atoms with van der Waals surface area (Å²) in [5, 5.41) is 19.1. The van der Waals surface area contributed by atoms with Gasteiger partial charge in [0.1, 0.15) is 5.78 Å². The van der Waals surface area contributed by atoms with Crippen LogP contribution in [0.4, 0.5) is 0 Å². The third-order valence-corrected chi connectivity index (χ3v) is 4.65. The Kier molecular flexibility index (Phi) is 5.96. The number of aliphatic hydroxyl groups is 2. The third kappa shape index (κ3) is 4.81. The van der Waals surface area contributed by atoms with Crippen LogP contribution in [0, 0.1) is 5.92 Å². The molecule has 20 heavy (non-hydrogen) atoms. The summed E-state index contributed by atoms with van der Waals surface area (Å²) in [4.78, 5) is 16.5. The molecule has 5 nitrogen and oxygen atoms in total. The van der Waals surface area contributed by atoms with Crippen LogP contribution >= 0.6 is 0 Å². The quantitative estimate of drug-likeness (QED) is 0.750. The van der Waals surface area contributed by atoms with E-state index in [0.717, 1.165) is 65.0 Å². The van der Waals surface area contributed by atoms with Crippen molar-refractivity contribution in [2.24, 2.45) is 5.92 Å². The standard InChI is InChI=1S/C15H28N2O3/c1-12(18)13(10-16-6-2-14(19)3-7-16)11-17-8-4-15(20)5-9-17/h13-15,19-20H,2-11H2,1H3. The van der Waals surface area contributed by atoms with Crippen molar-refractivity contribution in [2.75, 3.05) is 39.3 Å². The average Bonchev–Trinajstić information content (AvgIpc) is 2.42. The first kappa shape index (κ1) is 15.9. The van der Waals surface area contributed by atoms with Crippen molar-refractivity contribution in [3.05, 3.63) is 0 Å². The number of nitrogens with zero attached hydrogens (tertiary/aromatic N) is 2. The van der Waals surface area contributed by atoms with Crippen LogP contribution in [0.15, 0.2) is 0 Å². The van der Waals surface area contributed by atoms with E-state index in [9.17, 15) is 15.0 Å². The highest BCUT2D eigenvalue weighted by atomic mass is 16.3. The molecule has 2 N–H and O–H groups in total. The minimum atomic E-state index is -0.161. The largest absolute Gasteiger partial charge is 0.393 e. The molecular weight excluding hydrogens is 256 g/mol. The number of carbonyl (C=O) groups excluding carboxylic acids is 1. The second-order valence-corrected chi connectivity index (χ2v) is 6.37. The number of hydrogen-bond donors (Lipinski definition) is 2. The molecule has 0 unspecified atom stereocenters. The van der Waals surface area contributed by atoms with Gasteiger partial charge in [0.2, 0.25) is 0 Å². The van der Waals surface area contributed by atoms with Gasteiger partial charge in [0.15, 0.2) is 0 Å². The number of Topliss-reactive ketones (excluding diaryl/α,β-unsaturated/α-hetero) is 1. The highest BCUT2D eigenvalue weighted by Gasteiger charge is 2.26. The molecule has 0 atom stereocenters. The summed E-state index contributed by atoms with van der Waals surface area (Å²) in [6, 6.07) is 0. The summed E-state index contributed by atoms with van der Waals surface area (Å²) < 4.78 is 0. The maximum Gasteiger partial charge on any atom is 0.135 e. The second-order valence-electron chi connectivity index (χ2n) is 6.37. The monoisotopic (exact) mass is 284 g/mol. The van der Waals surface area contributed by atoms with Gasteiger partial charge in [-0.2, -0.15) is 0 Å². The van der Waals surface area contributed by atoms with E-state index >= 15 is 0 Å². The van der Waals surface area contributed by atoms with Crippen LogP contribution in [0.3, 0.4) is 0 Å². The van der Waals surface area contributed by atoms with Gasteiger partial charge >= 0.3 is 0 Å². The third-order valence-electron chi connectivity index (χ3n) is 4.65. The molecule has 116 valence electrons. The summed E-state index contributed by atoms with van der Waals surface area (Å²) in [6.45, 7) is 6.87. The molecule has 2 rings (SSSR count). The van der Waals surface area contributed by atoms with E-state index < -0.39 is 0 Å². The van der Waals surface area contributed by atoms with E-state index in [1.165, 1.54) is 0 Å². The summed E-state index contributed by atoms with van der Waals surface area (Å²) in [5.74, 6) is 0.308. The molecule has 0 aliphatic carbocycles. The lowest BCUT2D eigenvalue weighted by molar-refractivity contribution is -0.122. The van der Waals surface area contributed by atoms with Crippen molar-refractivity contribution >= 4 is 5.78 Å². The Hall–Kier alpha value is -0.490. The van der Waals surface area contributed by atoms with Gasteiger partial charge in [0.25, 0.3) is 0 Å². The van der Waals surface area contributed by atoms with Crippen LogP contribution in [0.25, 0.3) is 0 Å². The van der Waals surface area contributed by atoms with Gasteiger partial charge in [0, 0.05) is 45.2 Å². The van der Waals surface area contributed by atoms with Crippen LogP contribution in [0.2, 0.25) is 0 Å². The number of carbonyl (C=O) groups is 1. The first-order chi connectivity index (χ1) is 9.54. The van der Waals surface area contributed by atoms with E-state index in [-0.39, 0.29) is 23.9 Å². The van der Waals surface area contributed by atoms with Crippen LogP contribution in [0.5, 0.6) is 0 Å². The normalized spacial score (nSPS) is 24.4. The van der Waals surface area contributed by atoms with Crippen LogP contribution in [-0.4, -0.2) is 77.3 Å². The van der Waals surface area contributed by atoms with E-state index in [4.69, 9.17) is 0 Å². The lowest BCUT2D eigenvalue weighted by Crippen LogP contribution is -2.45. The van der Waals surface area contributed by atoms with E-state index in [2.05, 4.69) is 9.80 Å². The van der Waals surface area contributed by atoms with Crippen molar-refractivity contribution in [2.45, 2.75) is 44.8 Å². The maximum atomic E-state index is 11.9. The zero-order valence-electron chi connectivity index (χ0n) is 12.5. The van der Waals surface area contributed by atoms with E-state index in [1.54, 1.807) is 6.92 Å². The second kappa shape index (κ2) is 7.50. The summed E-state index contributed by atoms with van der Waals surface area (Å²) in [5.41, 5.74) is 0. The predicted octanol–water partition coefficient (Wildman–Crippen LogP) is 0.105. The predicted molar refractivity (Wildman–Crippen MR) is 77.5 cm³/mol. The van der Waals surface area contributed by atoms with Crippen molar-refractivity contribution in [3.63, 3.8) is 0 Å². The number of piperidine rings is 2. The lowest BCUT2D eigenvalue weighted by Gasteiger charge is -2.35. The fraction of sp³-hybridized carbons (Fsp3) is 0.933. The molecule has 0 amide bonds. The Morgan fingerprint density at radius 2 is 1.30 bits per heavy atom. The first-order valence-corrected chi connectivity index (χ1v) is 7.86. The highest BCUT2D eigenvalue weighted by molar-refractivity contribution is 5.78. The Balaban J connectivity index is 1.79. The zero-order chi connectivity index (χ0) is 14.5. The van der Waals surface area contributed by atoms with Gasteiger partial charge in [-0.1, -0.05) is 0 Å². The smallest absolute Gasteiger partial charge is 0.135 e. The summed E-state index contributed by atoms with van der Waals surface area (Å²) in [6.07, 6.45) is 2.96. The van der Waals surface area contributed by atoms with Crippen LogP contribution < -0.4 is 0 Å². The van der Waals surface area contributed by atoms with Crippen molar-refractivity contribution in [3.8, 4) is 0 Å². The van der Waals surface area contributed by atoms with Gasteiger partial charge in [0.05, 0.1) is 12.2 Å². The Bertz CT molecular complexity index is 284. The number of aliphatic hydroxyl groups excluding tert-OH is 2. The summed E-state index contributed by atoms with van der Waals surface area (Å²) >= 11 is 0. The van der Waals surface area contributed by atoms with Gasteiger partial charge in [-0.05, 0) is 32.6 Å². The number of rotatable bonds is 5. The lowest BCUT2D eigenvalue weighted by atomic mass is 9.99. The fourth-order valence-corrected chi connectivity index (χ4v) is 3.14. The molecule has 2 saturated heterocycles.